The van der Waals surface area contributed by atoms with Gasteiger partial charge in [-0.05, 0) is 26.0 Å². The highest BCUT2D eigenvalue weighted by atomic mass is 16.5. The summed E-state index contributed by atoms with van der Waals surface area (Å²) in [6, 6.07) is 26.2. The van der Waals surface area contributed by atoms with Crippen LogP contribution in [0, 0.1) is 6.92 Å². The Bertz CT molecular complexity index is 1200. The number of benzene rings is 3. The fourth-order valence-corrected chi connectivity index (χ4v) is 3.28. The van der Waals surface area contributed by atoms with E-state index in [1.165, 1.54) is 0 Å². The van der Waals surface area contributed by atoms with Crippen molar-refractivity contribution in [2.24, 2.45) is 0 Å². The summed E-state index contributed by atoms with van der Waals surface area (Å²) in [5.41, 5.74) is 3.99. The van der Waals surface area contributed by atoms with Gasteiger partial charge in [0.2, 0.25) is 5.78 Å². The predicted molar refractivity (Wildman–Crippen MR) is 119 cm³/mol. The van der Waals surface area contributed by atoms with Crippen molar-refractivity contribution < 1.29 is 14.3 Å². The summed E-state index contributed by atoms with van der Waals surface area (Å²) in [6.45, 7) is 3.54. The highest BCUT2D eigenvalue weighted by Gasteiger charge is 2.25. The first-order chi connectivity index (χ1) is 15.0. The molecule has 1 aromatic heterocycles. The van der Waals surface area contributed by atoms with E-state index in [-0.39, 0.29) is 5.78 Å². The van der Waals surface area contributed by atoms with Crippen LogP contribution in [0.15, 0.2) is 91.1 Å². The Kier molecular flexibility index (Phi) is 5.76. The number of para-hydroxylation sites is 1. The molecule has 0 N–H and O–H groups in total. The fourth-order valence-electron chi connectivity index (χ4n) is 3.28. The molecule has 5 nitrogen and oxygen atoms in total. The maximum Gasteiger partial charge on any atom is 0.342 e. The second kappa shape index (κ2) is 8.79. The third kappa shape index (κ3) is 4.46. The van der Waals surface area contributed by atoms with Crippen LogP contribution in [0.1, 0.15) is 33.2 Å². The van der Waals surface area contributed by atoms with Gasteiger partial charge in [0.1, 0.15) is 11.3 Å². The van der Waals surface area contributed by atoms with Crippen LogP contribution >= 0.6 is 0 Å². The number of carbonyl (C=O) groups is 2. The molecule has 0 saturated carbocycles. The van der Waals surface area contributed by atoms with Gasteiger partial charge in [-0.25, -0.2) is 9.48 Å². The number of hydrogen-bond acceptors (Lipinski definition) is 4. The Morgan fingerprint density at radius 3 is 2.13 bits per heavy atom. The molecule has 31 heavy (non-hydrogen) atoms. The van der Waals surface area contributed by atoms with Gasteiger partial charge in [0.25, 0.3) is 0 Å². The summed E-state index contributed by atoms with van der Waals surface area (Å²) in [5.74, 6) is -0.834. The number of hydrogen-bond donors (Lipinski definition) is 0. The molecule has 1 heterocycles. The summed E-state index contributed by atoms with van der Waals surface area (Å²) < 4.78 is 7.20. The number of esters is 1. The lowest BCUT2D eigenvalue weighted by Gasteiger charge is -2.12. The second-order valence-electron chi connectivity index (χ2n) is 7.32. The van der Waals surface area contributed by atoms with Gasteiger partial charge in [-0.1, -0.05) is 78.4 Å². The average Bonchev–Trinajstić information content (AvgIpc) is 3.26. The third-order valence-electron chi connectivity index (χ3n) is 4.99. The van der Waals surface area contributed by atoms with Crippen molar-refractivity contribution in [3.63, 3.8) is 0 Å². The standard InChI is InChI=1S/C26H22N2O3/c1-18-13-15-21(16-14-18)25(29)19(2)31-26(30)23-17-28(22-11-7-4-8-12-22)27-24(23)20-9-5-3-6-10-20/h3-17,19H,1-2H3/t19-/m1/s1. The number of Topliss-reactive ketones (excluding diaryl/α,β-unsaturated/α-hetero) is 1. The van der Waals surface area contributed by atoms with E-state index in [0.29, 0.717) is 16.8 Å². The minimum Gasteiger partial charge on any atom is -0.451 e. The zero-order chi connectivity index (χ0) is 21.8. The normalized spacial score (nSPS) is 11.7. The van der Waals surface area contributed by atoms with Crippen LogP contribution in [0.5, 0.6) is 0 Å². The molecule has 4 aromatic rings. The summed E-state index contributed by atoms with van der Waals surface area (Å²) in [4.78, 5) is 25.8. The molecule has 0 unspecified atom stereocenters. The Morgan fingerprint density at radius 2 is 1.48 bits per heavy atom. The van der Waals surface area contributed by atoms with Gasteiger partial charge < -0.3 is 4.74 Å². The van der Waals surface area contributed by atoms with Gasteiger partial charge in [0.05, 0.1) is 5.69 Å². The summed E-state index contributed by atoms with van der Waals surface area (Å²) in [6.07, 6.45) is 0.724. The van der Waals surface area contributed by atoms with Crippen LogP contribution in [0.2, 0.25) is 0 Å². The molecule has 154 valence electrons. The molecule has 0 bridgehead atoms. The summed E-state index contributed by atoms with van der Waals surface area (Å²) in [5, 5.41) is 4.62. The van der Waals surface area contributed by atoms with Gasteiger partial charge in [-0.2, -0.15) is 5.10 Å². The zero-order valence-corrected chi connectivity index (χ0v) is 17.4. The van der Waals surface area contributed by atoms with E-state index in [0.717, 1.165) is 16.8 Å². The number of carbonyl (C=O) groups excluding carboxylic acids is 2. The van der Waals surface area contributed by atoms with Gasteiger partial charge in [-0.3, -0.25) is 4.79 Å². The van der Waals surface area contributed by atoms with Crippen LogP contribution in [0.4, 0.5) is 0 Å². The molecule has 0 amide bonds. The van der Waals surface area contributed by atoms with E-state index in [2.05, 4.69) is 5.10 Å². The molecule has 0 aliphatic carbocycles. The monoisotopic (exact) mass is 410 g/mol. The molecule has 0 spiro atoms. The topological polar surface area (TPSA) is 61.2 Å². The van der Waals surface area contributed by atoms with Crippen molar-refractivity contribution in [2.75, 3.05) is 0 Å². The minimum atomic E-state index is -0.918. The van der Waals surface area contributed by atoms with Gasteiger partial charge in [-0.15, -0.1) is 0 Å². The lowest BCUT2D eigenvalue weighted by molar-refractivity contribution is 0.0319. The number of aromatic nitrogens is 2. The van der Waals surface area contributed by atoms with Crippen molar-refractivity contribution >= 4 is 11.8 Å². The summed E-state index contributed by atoms with van der Waals surface area (Å²) >= 11 is 0. The molecular weight excluding hydrogens is 388 g/mol. The Labute approximate surface area is 180 Å². The first-order valence-corrected chi connectivity index (χ1v) is 10.1. The Morgan fingerprint density at radius 1 is 0.871 bits per heavy atom. The van der Waals surface area contributed by atoms with E-state index in [1.54, 1.807) is 29.9 Å². The molecular formula is C26H22N2O3. The molecule has 0 aliphatic heterocycles. The molecule has 4 rings (SSSR count). The smallest absolute Gasteiger partial charge is 0.342 e. The highest BCUT2D eigenvalue weighted by Crippen LogP contribution is 2.25. The minimum absolute atomic E-state index is 0.245. The van der Waals surface area contributed by atoms with Crippen molar-refractivity contribution in [2.45, 2.75) is 20.0 Å². The number of aryl methyl sites for hydroxylation is 1. The van der Waals surface area contributed by atoms with E-state index < -0.39 is 12.1 Å². The van der Waals surface area contributed by atoms with Gasteiger partial charge in [0.15, 0.2) is 6.10 Å². The predicted octanol–water partition coefficient (Wildman–Crippen LogP) is 5.28. The molecule has 0 saturated heterocycles. The average molecular weight is 410 g/mol. The number of ketones is 1. The van der Waals surface area contributed by atoms with Crippen LogP contribution < -0.4 is 0 Å². The van der Waals surface area contributed by atoms with Crippen LogP contribution in [-0.4, -0.2) is 27.6 Å². The number of rotatable bonds is 6. The molecule has 5 heteroatoms. The Hall–Kier alpha value is -3.99. The molecule has 0 fully saturated rings. The van der Waals surface area contributed by atoms with Crippen molar-refractivity contribution in [3.05, 3.63) is 108 Å². The molecule has 0 aliphatic rings. The molecule has 0 radical (unpaired) electrons. The fraction of sp³-hybridized carbons (Fsp3) is 0.115. The van der Waals surface area contributed by atoms with E-state index >= 15 is 0 Å². The first-order valence-electron chi connectivity index (χ1n) is 10.1. The highest BCUT2D eigenvalue weighted by molar-refractivity contribution is 6.02. The largest absolute Gasteiger partial charge is 0.451 e. The lowest BCUT2D eigenvalue weighted by Crippen LogP contribution is -2.24. The van der Waals surface area contributed by atoms with Crippen molar-refractivity contribution in [1.29, 1.82) is 0 Å². The van der Waals surface area contributed by atoms with E-state index in [1.807, 2.05) is 79.7 Å². The maximum atomic E-state index is 13.1. The first kappa shape index (κ1) is 20.3. The number of nitrogens with zero attached hydrogens (tertiary/aromatic N) is 2. The SMILES string of the molecule is Cc1ccc(C(=O)[C@@H](C)OC(=O)c2cn(-c3ccccc3)nc2-c2ccccc2)cc1. The maximum absolute atomic E-state index is 13.1. The Balaban J connectivity index is 1.64. The quantitative estimate of drug-likeness (QED) is 0.321. The van der Waals surface area contributed by atoms with Crippen LogP contribution in [-0.2, 0) is 4.74 Å². The second-order valence-corrected chi connectivity index (χ2v) is 7.32. The van der Waals surface area contributed by atoms with Crippen molar-refractivity contribution in [3.8, 4) is 16.9 Å². The van der Waals surface area contributed by atoms with Crippen LogP contribution in [0.3, 0.4) is 0 Å². The zero-order valence-electron chi connectivity index (χ0n) is 17.4. The third-order valence-corrected chi connectivity index (χ3v) is 4.99. The van der Waals surface area contributed by atoms with Crippen LogP contribution in [0.25, 0.3) is 16.9 Å². The van der Waals surface area contributed by atoms with E-state index in [4.69, 9.17) is 4.74 Å². The lowest BCUT2D eigenvalue weighted by atomic mass is 10.1. The summed E-state index contributed by atoms with van der Waals surface area (Å²) in [7, 11) is 0. The van der Waals surface area contributed by atoms with Crippen molar-refractivity contribution in [1.82, 2.24) is 9.78 Å². The molecule has 1 atom stereocenters. The molecule has 3 aromatic carbocycles. The number of ether oxygens (including phenoxy) is 1. The van der Waals surface area contributed by atoms with Gasteiger partial charge in [0, 0.05) is 17.3 Å². The van der Waals surface area contributed by atoms with Gasteiger partial charge >= 0.3 is 5.97 Å². The van der Waals surface area contributed by atoms with E-state index in [9.17, 15) is 9.59 Å².